The maximum Gasteiger partial charge on any atom is 0.161 e. The second-order valence-electron chi connectivity index (χ2n) is 17.6. The molecule has 0 amide bonds. The molecule has 0 aromatic heterocycles. The third-order valence-corrected chi connectivity index (χ3v) is 11.7. The Labute approximate surface area is 450 Å². The third kappa shape index (κ3) is 23.8. The second kappa shape index (κ2) is 35.2. The zero-order valence-corrected chi connectivity index (χ0v) is 46.3. The second-order valence-corrected chi connectivity index (χ2v) is 17.6. The van der Waals surface area contributed by atoms with Crippen LogP contribution in [-0.2, 0) is 29.0 Å². The smallest absolute Gasteiger partial charge is 0.161 e. The van der Waals surface area contributed by atoms with E-state index in [-0.39, 0.29) is 52.5 Å². The van der Waals surface area contributed by atoms with E-state index >= 15 is 0 Å². The Bertz CT molecular complexity index is 2920. The van der Waals surface area contributed by atoms with Gasteiger partial charge in [0.05, 0.1) is 12.1 Å². The number of carbonyl (C=O) groups excluding carboxylic acids is 6. The summed E-state index contributed by atoms with van der Waals surface area (Å²) in [5.74, 6) is 0.969. The molecule has 7 rings (SSSR count). The van der Waals surface area contributed by atoms with Crippen LogP contribution in [0.4, 0.5) is 17.1 Å². The summed E-state index contributed by atoms with van der Waals surface area (Å²) in [4.78, 5) is 66.2. The number of benzene rings is 7. The number of fused-ring (bicyclic) bond motifs is 1. The van der Waals surface area contributed by atoms with Gasteiger partial charge < -0.3 is 37.0 Å². The number of rotatable bonds is 17. The molecule has 0 aliphatic rings. The summed E-state index contributed by atoms with van der Waals surface area (Å²) >= 11 is 0. The van der Waals surface area contributed by atoms with Gasteiger partial charge in [-0.1, -0.05) is 97.1 Å². The normalized spacial score (nSPS) is 10.7. The van der Waals surface area contributed by atoms with Crippen molar-refractivity contribution in [3.63, 3.8) is 0 Å². The molecule has 0 fully saturated rings. The van der Waals surface area contributed by atoms with Crippen LogP contribution in [0.15, 0.2) is 164 Å². The molecule has 0 heterocycles. The van der Waals surface area contributed by atoms with Gasteiger partial charge in [0.15, 0.2) is 23.1 Å². The average molecular weight is 1030 g/mol. The standard InChI is InChI=1S/C15H17NO.C11H15NO2.C10H13NO.3C9H11NO/c1-11(17)15(16-2)10-12-7-8-13-5-3-4-6-14(13)9-12;1-8(13)11(12-2)7-9-3-5-10(14)6-4-9;1-8(12)10-5-3-4-9(6-10)7-11-2;1-7(11)8-3-5-9(10-2)6-4-8;1-7(11)8-4-3-5-9(6-8)10-2;1-7(11)8-5-3-4-6-9(8)10-2/h3-9,15-16H,10H2,1-2H3;3-6,11-12,14H,7H2,1-2H3;3-6,11H,7H2,1-2H3;3*3-6,10H,1-2H3/t15-;11-;;;;/m00..../s1. The molecule has 0 aliphatic heterocycles. The number of anilines is 3. The van der Waals surface area contributed by atoms with Crippen molar-refractivity contribution in [2.24, 2.45) is 0 Å². The molecule has 13 nitrogen and oxygen atoms in total. The van der Waals surface area contributed by atoms with Crippen molar-refractivity contribution in [2.75, 3.05) is 58.2 Å². The van der Waals surface area contributed by atoms with Gasteiger partial charge in [0.2, 0.25) is 0 Å². The van der Waals surface area contributed by atoms with Crippen molar-refractivity contribution in [2.45, 2.75) is 73.0 Å². The number of hydrogen-bond acceptors (Lipinski definition) is 13. The molecule has 0 aliphatic carbocycles. The van der Waals surface area contributed by atoms with Crippen LogP contribution in [0.25, 0.3) is 10.8 Å². The first-order chi connectivity index (χ1) is 36.3. The van der Waals surface area contributed by atoms with Crippen LogP contribution < -0.4 is 31.9 Å². The lowest BCUT2D eigenvalue weighted by atomic mass is 10.00. The van der Waals surface area contributed by atoms with E-state index in [1.165, 1.54) is 16.3 Å². The summed E-state index contributed by atoms with van der Waals surface area (Å²) in [6.07, 6.45) is 1.41. The molecule has 0 unspecified atom stereocenters. The van der Waals surface area contributed by atoms with Gasteiger partial charge in [-0.05, 0) is 170 Å². The summed E-state index contributed by atoms with van der Waals surface area (Å²) < 4.78 is 0. The first-order valence-electron chi connectivity index (χ1n) is 25.0. The molecule has 0 bridgehead atoms. The molecular formula is C63H78N6O7. The highest BCUT2D eigenvalue weighted by Gasteiger charge is 2.13. The first kappa shape index (κ1) is 64.0. The van der Waals surface area contributed by atoms with E-state index in [1.54, 1.807) is 60.7 Å². The molecule has 7 aromatic rings. The summed E-state index contributed by atoms with van der Waals surface area (Å²) in [5, 5.41) is 29.5. The largest absolute Gasteiger partial charge is 0.508 e. The molecule has 13 heteroatoms. The number of carbonyl (C=O) groups is 6. The fraction of sp³-hybridized carbons (Fsp3) is 0.270. The highest BCUT2D eigenvalue weighted by Crippen LogP contribution is 2.18. The number of hydrogen-bond donors (Lipinski definition) is 7. The number of aromatic hydroxyl groups is 1. The van der Waals surface area contributed by atoms with Gasteiger partial charge >= 0.3 is 0 Å². The van der Waals surface area contributed by atoms with E-state index in [2.05, 4.69) is 62.2 Å². The minimum atomic E-state index is -0.139. The molecule has 76 heavy (non-hydrogen) atoms. The van der Waals surface area contributed by atoms with E-state index in [0.29, 0.717) is 6.42 Å². The Kier molecular flexibility index (Phi) is 29.6. The van der Waals surface area contributed by atoms with E-state index in [1.807, 2.05) is 157 Å². The van der Waals surface area contributed by atoms with Crippen LogP contribution in [0.2, 0.25) is 0 Å². The first-order valence-corrected chi connectivity index (χ1v) is 25.0. The van der Waals surface area contributed by atoms with Gasteiger partial charge in [0.25, 0.3) is 0 Å². The third-order valence-electron chi connectivity index (χ3n) is 11.7. The van der Waals surface area contributed by atoms with Gasteiger partial charge in [0.1, 0.15) is 17.3 Å². The number of para-hydroxylation sites is 1. The van der Waals surface area contributed by atoms with E-state index in [0.717, 1.165) is 63.4 Å². The highest BCUT2D eigenvalue weighted by atomic mass is 16.3. The Hall–Kier alpha value is -8.10. The zero-order valence-electron chi connectivity index (χ0n) is 46.3. The monoisotopic (exact) mass is 1030 g/mol. The lowest BCUT2D eigenvalue weighted by Gasteiger charge is -2.13. The maximum atomic E-state index is 11.4. The Morgan fingerprint density at radius 1 is 0.408 bits per heavy atom. The van der Waals surface area contributed by atoms with Crippen molar-refractivity contribution in [1.82, 2.24) is 16.0 Å². The van der Waals surface area contributed by atoms with Crippen LogP contribution in [0.5, 0.6) is 5.75 Å². The summed E-state index contributed by atoms with van der Waals surface area (Å²) in [6.45, 7) is 10.3. The van der Waals surface area contributed by atoms with Crippen LogP contribution in [0.3, 0.4) is 0 Å². The van der Waals surface area contributed by atoms with Gasteiger partial charge in [0, 0.05) is 67.0 Å². The van der Waals surface area contributed by atoms with Crippen molar-refractivity contribution >= 4 is 62.5 Å². The van der Waals surface area contributed by atoms with E-state index < -0.39 is 0 Å². The van der Waals surface area contributed by atoms with Gasteiger partial charge in [-0.3, -0.25) is 28.8 Å². The number of ketones is 6. The minimum absolute atomic E-state index is 0.0869. The molecular weight excluding hydrogens is 953 g/mol. The zero-order chi connectivity index (χ0) is 56.6. The lowest BCUT2D eigenvalue weighted by Crippen LogP contribution is -2.34. The number of nitrogens with one attached hydrogen (secondary N) is 6. The quantitative estimate of drug-likeness (QED) is 0.0426. The molecule has 0 radical (unpaired) electrons. The van der Waals surface area contributed by atoms with Gasteiger partial charge in [-0.25, -0.2) is 0 Å². The predicted molar refractivity (Wildman–Crippen MR) is 314 cm³/mol. The molecule has 7 N–H and O–H groups in total. The van der Waals surface area contributed by atoms with Crippen molar-refractivity contribution in [3.8, 4) is 5.75 Å². The summed E-state index contributed by atoms with van der Waals surface area (Å²) in [5.41, 5.74) is 9.28. The predicted octanol–water partition coefficient (Wildman–Crippen LogP) is 11.1. The van der Waals surface area contributed by atoms with Crippen LogP contribution in [0.1, 0.15) is 99.7 Å². The van der Waals surface area contributed by atoms with Gasteiger partial charge in [-0.15, -0.1) is 0 Å². The van der Waals surface area contributed by atoms with Crippen molar-refractivity contribution in [3.05, 3.63) is 203 Å². The average Bonchev–Trinajstić information content (AvgIpc) is 3.43. The number of likely N-dealkylation sites (N-methyl/N-ethyl adjacent to an activating group) is 2. The minimum Gasteiger partial charge on any atom is -0.508 e. The van der Waals surface area contributed by atoms with Crippen LogP contribution in [-0.4, -0.2) is 94.2 Å². The van der Waals surface area contributed by atoms with Crippen molar-refractivity contribution < 1.29 is 33.9 Å². The highest BCUT2D eigenvalue weighted by molar-refractivity contribution is 5.99. The van der Waals surface area contributed by atoms with Crippen LogP contribution >= 0.6 is 0 Å². The molecule has 0 saturated heterocycles. The Morgan fingerprint density at radius 2 is 0.908 bits per heavy atom. The Balaban J connectivity index is 0.000000315. The summed E-state index contributed by atoms with van der Waals surface area (Å²) in [7, 11) is 11.0. The Morgan fingerprint density at radius 3 is 1.39 bits per heavy atom. The topological polar surface area (TPSA) is 195 Å². The van der Waals surface area contributed by atoms with E-state index in [9.17, 15) is 28.8 Å². The molecule has 402 valence electrons. The molecule has 7 aromatic carbocycles. The van der Waals surface area contributed by atoms with Gasteiger partial charge in [-0.2, -0.15) is 0 Å². The maximum absolute atomic E-state index is 11.4. The lowest BCUT2D eigenvalue weighted by molar-refractivity contribution is -0.119. The fourth-order valence-corrected chi connectivity index (χ4v) is 7.25. The van der Waals surface area contributed by atoms with E-state index in [4.69, 9.17) is 5.11 Å². The summed E-state index contributed by atoms with van der Waals surface area (Å²) in [6, 6.07) is 51.2. The van der Waals surface area contributed by atoms with Crippen molar-refractivity contribution in [1.29, 1.82) is 0 Å². The fourth-order valence-electron chi connectivity index (χ4n) is 7.25. The number of phenolic OH excluding ortho intramolecular Hbond substituents is 1. The number of Topliss-reactive ketones (excluding diaryl/α,β-unsaturated/α-hetero) is 6. The molecule has 0 spiro atoms. The van der Waals surface area contributed by atoms with Crippen LogP contribution in [0, 0.1) is 0 Å². The molecule has 0 saturated carbocycles. The SMILES string of the molecule is CNCc1cccc(C(C)=O)c1.CN[C@@H](Cc1ccc(O)cc1)C(C)=O.CN[C@@H](Cc1ccc2ccccc2c1)C(C)=O.CNc1ccc(C(C)=O)cc1.CNc1cccc(C(C)=O)c1.CNc1ccccc1C(C)=O. The number of phenols is 1. The molecule has 2 atom stereocenters.